The van der Waals surface area contributed by atoms with Crippen LogP contribution in [0.3, 0.4) is 0 Å². The van der Waals surface area contributed by atoms with Crippen LogP contribution in [0.1, 0.15) is 5.69 Å². The Kier molecular flexibility index (Phi) is 2.49. The highest BCUT2D eigenvalue weighted by molar-refractivity contribution is 5.39. The van der Waals surface area contributed by atoms with Crippen LogP contribution in [0.25, 0.3) is 0 Å². The molecule has 2 aromatic heterocycles. The minimum Gasteiger partial charge on any atom is -0.455 e. The van der Waals surface area contributed by atoms with Crippen molar-refractivity contribution in [2.24, 2.45) is 0 Å². The number of nitrogen functional groups attached to an aromatic ring is 1. The number of ether oxygens (including phenoxy) is 1. The maximum atomic E-state index is 5.57. The maximum absolute atomic E-state index is 5.57. The molecule has 0 bridgehead atoms. The van der Waals surface area contributed by atoms with Crippen molar-refractivity contribution in [2.75, 3.05) is 5.73 Å². The van der Waals surface area contributed by atoms with E-state index in [1.54, 1.807) is 30.5 Å². The van der Waals surface area contributed by atoms with Crippen LogP contribution in [0.15, 0.2) is 30.5 Å². The predicted molar refractivity (Wildman–Crippen MR) is 56.5 cm³/mol. The summed E-state index contributed by atoms with van der Waals surface area (Å²) in [6, 6.07) is 6.91. The Morgan fingerprint density at radius 3 is 2.87 bits per heavy atom. The predicted octanol–water partition coefficient (Wildman–Crippen LogP) is 1.96. The molecule has 0 aliphatic heterocycles. The van der Waals surface area contributed by atoms with E-state index in [1.165, 1.54) is 0 Å². The molecule has 2 rings (SSSR count). The first-order valence-corrected chi connectivity index (χ1v) is 4.49. The molecule has 0 spiro atoms. The second-order valence-corrected chi connectivity index (χ2v) is 3.04. The Balaban J connectivity index is 2.25. The molecule has 0 aromatic carbocycles. The summed E-state index contributed by atoms with van der Waals surface area (Å²) in [6.07, 6.45) is 4.31. The maximum Gasteiger partial charge on any atom is 0.148 e. The molecule has 0 unspecified atom stereocenters. The molecule has 0 fully saturated rings. The van der Waals surface area contributed by atoms with Crippen molar-refractivity contribution in [3.63, 3.8) is 0 Å². The Labute approximate surface area is 87.7 Å². The molecule has 0 aliphatic carbocycles. The van der Waals surface area contributed by atoms with Crippen LogP contribution in [0, 0.1) is 13.1 Å². The highest BCUT2D eigenvalue weighted by atomic mass is 16.5. The number of rotatable bonds is 2. The molecule has 4 heteroatoms. The molecule has 2 aromatic rings. The van der Waals surface area contributed by atoms with Gasteiger partial charge in [0.1, 0.15) is 17.3 Å². The molecule has 0 aliphatic rings. The Bertz CT molecular complexity index is 457. The van der Waals surface area contributed by atoms with E-state index >= 15 is 0 Å². The second kappa shape index (κ2) is 3.96. The fourth-order valence-electron chi connectivity index (χ4n) is 1.17. The van der Waals surface area contributed by atoms with Gasteiger partial charge in [0.2, 0.25) is 0 Å². The molecule has 2 N–H and O–H groups in total. The van der Waals surface area contributed by atoms with E-state index in [1.807, 2.05) is 6.92 Å². The van der Waals surface area contributed by atoms with E-state index < -0.39 is 0 Å². The standard InChI is InChI=1S/C11H10N3O/c1-8-10(2-3-11(12)14-8)15-9-4-6-13-7-5-9/h2-6H,1H3,(H2,12,14). The monoisotopic (exact) mass is 200 g/mol. The van der Waals surface area contributed by atoms with Crippen LogP contribution in [-0.4, -0.2) is 9.97 Å². The van der Waals surface area contributed by atoms with E-state index in [0.717, 1.165) is 5.69 Å². The topological polar surface area (TPSA) is 61.0 Å². The molecule has 0 amide bonds. The highest BCUT2D eigenvalue weighted by Crippen LogP contribution is 2.23. The van der Waals surface area contributed by atoms with Crippen molar-refractivity contribution < 1.29 is 4.74 Å². The third kappa shape index (κ3) is 2.22. The van der Waals surface area contributed by atoms with Crippen molar-refractivity contribution in [1.29, 1.82) is 0 Å². The van der Waals surface area contributed by atoms with Gasteiger partial charge in [-0.05, 0) is 25.1 Å². The van der Waals surface area contributed by atoms with Crippen LogP contribution in [-0.2, 0) is 0 Å². The zero-order chi connectivity index (χ0) is 10.7. The minimum absolute atomic E-state index is 0.487. The molecule has 0 atom stereocenters. The third-order valence-corrected chi connectivity index (χ3v) is 1.88. The fourth-order valence-corrected chi connectivity index (χ4v) is 1.17. The van der Waals surface area contributed by atoms with Gasteiger partial charge in [-0.3, -0.25) is 4.98 Å². The van der Waals surface area contributed by atoms with Gasteiger partial charge in [-0.25, -0.2) is 4.98 Å². The van der Waals surface area contributed by atoms with Gasteiger partial charge in [0.15, 0.2) is 0 Å². The summed E-state index contributed by atoms with van der Waals surface area (Å²) >= 11 is 0. The zero-order valence-electron chi connectivity index (χ0n) is 8.27. The molecule has 0 saturated carbocycles. The van der Waals surface area contributed by atoms with Crippen molar-refractivity contribution in [2.45, 2.75) is 6.92 Å². The zero-order valence-corrected chi connectivity index (χ0v) is 8.27. The molecule has 15 heavy (non-hydrogen) atoms. The van der Waals surface area contributed by atoms with Gasteiger partial charge in [0.05, 0.1) is 11.9 Å². The molecule has 0 saturated heterocycles. The van der Waals surface area contributed by atoms with Crippen LogP contribution in [0.5, 0.6) is 11.5 Å². The summed E-state index contributed by atoms with van der Waals surface area (Å²) in [5, 5.41) is 0. The van der Waals surface area contributed by atoms with Crippen LogP contribution in [0.4, 0.5) is 5.82 Å². The summed E-state index contributed by atoms with van der Waals surface area (Å²) in [6.45, 7) is 1.84. The highest BCUT2D eigenvalue weighted by Gasteiger charge is 2.02. The Morgan fingerprint density at radius 1 is 1.33 bits per heavy atom. The van der Waals surface area contributed by atoms with Crippen molar-refractivity contribution in [3.8, 4) is 11.5 Å². The number of nitrogens with two attached hydrogens (primary N) is 1. The van der Waals surface area contributed by atoms with Gasteiger partial charge in [-0.1, -0.05) is 0 Å². The van der Waals surface area contributed by atoms with Gasteiger partial charge in [-0.2, -0.15) is 0 Å². The van der Waals surface area contributed by atoms with E-state index in [9.17, 15) is 0 Å². The van der Waals surface area contributed by atoms with Gasteiger partial charge in [0, 0.05) is 12.3 Å². The third-order valence-electron chi connectivity index (χ3n) is 1.88. The molecule has 2 heterocycles. The van der Waals surface area contributed by atoms with Gasteiger partial charge in [0.25, 0.3) is 0 Å². The van der Waals surface area contributed by atoms with Gasteiger partial charge in [-0.15, -0.1) is 0 Å². The summed E-state index contributed by atoms with van der Waals surface area (Å²) in [5.74, 6) is 1.85. The quantitative estimate of drug-likeness (QED) is 0.804. The lowest BCUT2D eigenvalue weighted by molar-refractivity contribution is 0.475. The van der Waals surface area contributed by atoms with E-state index in [0.29, 0.717) is 17.3 Å². The van der Waals surface area contributed by atoms with Crippen LogP contribution >= 0.6 is 0 Å². The normalized spacial score (nSPS) is 9.93. The summed E-state index contributed by atoms with van der Waals surface area (Å²) in [4.78, 5) is 7.88. The first kappa shape index (κ1) is 9.45. The largest absolute Gasteiger partial charge is 0.455 e. The van der Waals surface area contributed by atoms with Crippen LogP contribution in [0.2, 0.25) is 0 Å². The molecular weight excluding hydrogens is 190 g/mol. The van der Waals surface area contributed by atoms with E-state index in [2.05, 4.69) is 16.2 Å². The molecular formula is C11H10N3O. The van der Waals surface area contributed by atoms with Crippen molar-refractivity contribution in [3.05, 3.63) is 42.4 Å². The first-order valence-electron chi connectivity index (χ1n) is 4.49. The Hall–Kier alpha value is -2.10. The SMILES string of the molecule is Cc1nc(N)ccc1Oc1c[c]ncc1. The Morgan fingerprint density at radius 2 is 2.20 bits per heavy atom. The lowest BCUT2D eigenvalue weighted by atomic mass is 10.3. The summed E-state index contributed by atoms with van der Waals surface area (Å²) in [5.41, 5.74) is 6.29. The van der Waals surface area contributed by atoms with Crippen LogP contribution < -0.4 is 10.5 Å². The van der Waals surface area contributed by atoms with Gasteiger partial charge >= 0.3 is 0 Å². The number of aromatic nitrogens is 2. The average Bonchev–Trinajstić information content (AvgIpc) is 2.24. The number of hydrogen-bond donors (Lipinski definition) is 1. The summed E-state index contributed by atoms with van der Waals surface area (Å²) < 4.78 is 5.57. The fraction of sp³-hybridized carbons (Fsp3) is 0.0909. The molecule has 1 radical (unpaired) electrons. The van der Waals surface area contributed by atoms with E-state index in [4.69, 9.17) is 10.5 Å². The lowest BCUT2D eigenvalue weighted by Crippen LogP contribution is -1.95. The van der Waals surface area contributed by atoms with Crippen molar-refractivity contribution in [1.82, 2.24) is 9.97 Å². The smallest absolute Gasteiger partial charge is 0.148 e. The van der Waals surface area contributed by atoms with E-state index in [-0.39, 0.29) is 0 Å². The summed E-state index contributed by atoms with van der Waals surface area (Å²) in [7, 11) is 0. The second-order valence-electron chi connectivity index (χ2n) is 3.04. The number of hydrogen-bond acceptors (Lipinski definition) is 4. The number of nitrogens with zero attached hydrogens (tertiary/aromatic N) is 2. The molecule has 4 nitrogen and oxygen atoms in total. The average molecular weight is 200 g/mol. The first-order chi connectivity index (χ1) is 7.25. The number of pyridine rings is 2. The minimum atomic E-state index is 0.487. The lowest BCUT2D eigenvalue weighted by Gasteiger charge is -2.07. The number of aryl methyl sites for hydroxylation is 1. The van der Waals surface area contributed by atoms with Gasteiger partial charge < -0.3 is 10.5 Å². The molecule has 75 valence electrons. The van der Waals surface area contributed by atoms with Crippen molar-refractivity contribution >= 4 is 5.82 Å². The number of anilines is 1.